The van der Waals surface area contributed by atoms with Crippen LogP contribution >= 0.6 is 11.6 Å². The van der Waals surface area contributed by atoms with E-state index in [-0.39, 0.29) is 48.7 Å². The Hall–Kier alpha value is -2.72. The van der Waals surface area contributed by atoms with E-state index in [2.05, 4.69) is 11.3 Å². The van der Waals surface area contributed by atoms with Crippen LogP contribution < -0.4 is 10.5 Å². The average molecular weight is 535 g/mol. The van der Waals surface area contributed by atoms with E-state index in [1.54, 1.807) is 12.1 Å². The molecule has 2 rings (SSSR count). The summed E-state index contributed by atoms with van der Waals surface area (Å²) in [5.41, 5.74) is 6.20. The number of halogens is 1. The number of carbonyl (C=O) groups excluding carboxylic acids is 4. The van der Waals surface area contributed by atoms with Crippen molar-refractivity contribution in [3.63, 3.8) is 0 Å². The molecule has 0 radical (unpaired) electrons. The Bertz CT molecular complexity index is 1190. The minimum absolute atomic E-state index is 0.000166. The molecule has 0 aliphatic heterocycles. The molecular formula is C26H31ClN2O6S. The largest absolute Gasteiger partial charge is 0.330 e. The molecule has 0 spiro atoms. The Balaban J connectivity index is 1.97. The Morgan fingerprint density at radius 3 is 2.58 bits per heavy atom. The summed E-state index contributed by atoms with van der Waals surface area (Å²) in [4.78, 5) is 48.4. The fourth-order valence-electron chi connectivity index (χ4n) is 3.95. The Morgan fingerprint density at radius 1 is 1.22 bits per heavy atom. The lowest BCUT2D eigenvalue weighted by molar-refractivity contribution is -0.135. The smallest absolute Gasteiger partial charge is 0.240 e. The van der Waals surface area contributed by atoms with Crippen LogP contribution in [0.25, 0.3) is 0 Å². The molecule has 0 aromatic heterocycles. The topological polar surface area (TPSA) is 140 Å². The van der Waals surface area contributed by atoms with Crippen molar-refractivity contribution in [1.82, 2.24) is 4.72 Å². The van der Waals surface area contributed by atoms with Gasteiger partial charge in [0, 0.05) is 35.7 Å². The number of hydrogen-bond donors (Lipinski definition) is 2. The molecule has 0 saturated heterocycles. The van der Waals surface area contributed by atoms with E-state index in [0.717, 1.165) is 6.08 Å². The number of nitrogens with two attached hydrogens (primary N) is 1. The molecule has 1 saturated carbocycles. The van der Waals surface area contributed by atoms with Crippen molar-refractivity contribution < 1.29 is 27.6 Å². The highest BCUT2D eigenvalue weighted by atomic mass is 35.5. The van der Waals surface area contributed by atoms with Crippen LogP contribution in [0, 0.1) is 11.8 Å². The molecule has 2 unspecified atom stereocenters. The second kappa shape index (κ2) is 13.5. The van der Waals surface area contributed by atoms with Gasteiger partial charge in [-0.15, -0.1) is 0 Å². The van der Waals surface area contributed by atoms with E-state index >= 15 is 0 Å². The van der Waals surface area contributed by atoms with Gasteiger partial charge in [-0.25, -0.2) is 13.1 Å². The number of rotatable bonds is 14. The van der Waals surface area contributed by atoms with Gasteiger partial charge in [-0.2, -0.15) is 0 Å². The van der Waals surface area contributed by atoms with Gasteiger partial charge in [0.2, 0.25) is 21.6 Å². The Morgan fingerprint density at radius 2 is 1.94 bits per heavy atom. The highest BCUT2D eigenvalue weighted by Crippen LogP contribution is 2.33. The van der Waals surface area contributed by atoms with Crippen molar-refractivity contribution in [3.05, 3.63) is 65.7 Å². The van der Waals surface area contributed by atoms with Gasteiger partial charge in [-0.1, -0.05) is 48.0 Å². The Kier molecular flexibility index (Phi) is 11.1. The minimum atomic E-state index is -3.81. The van der Waals surface area contributed by atoms with E-state index in [0.29, 0.717) is 17.0 Å². The van der Waals surface area contributed by atoms with Crippen molar-refractivity contribution in [1.29, 1.82) is 0 Å². The molecule has 1 aromatic rings. The number of benzene rings is 1. The maximum absolute atomic E-state index is 12.8. The predicted molar refractivity (Wildman–Crippen MR) is 138 cm³/mol. The number of hydrogen-bond acceptors (Lipinski definition) is 7. The summed E-state index contributed by atoms with van der Waals surface area (Å²) in [6, 6.07) is 5.43. The summed E-state index contributed by atoms with van der Waals surface area (Å²) in [6.07, 6.45) is 6.36. The number of Topliss-reactive ketones (excluding diaryl/α,β-unsaturated/α-hetero) is 3. The maximum atomic E-state index is 12.8. The van der Waals surface area contributed by atoms with Gasteiger partial charge in [0.05, 0.1) is 4.90 Å². The monoisotopic (exact) mass is 534 g/mol. The molecule has 8 nitrogen and oxygen atoms in total. The molecule has 0 amide bonds. The van der Waals surface area contributed by atoms with Gasteiger partial charge >= 0.3 is 0 Å². The molecule has 36 heavy (non-hydrogen) atoms. The van der Waals surface area contributed by atoms with Crippen LogP contribution in [0.5, 0.6) is 0 Å². The number of sulfonamides is 1. The second-order valence-electron chi connectivity index (χ2n) is 8.75. The lowest BCUT2D eigenvalue weighted by atomic mass is 9.93. The molecule has 1 aromatic carbocycles. The van der Waals surface area contributed by atoms with Gasteiger partial charge in [0.15, 0.2) is 0 Å². The van der Waals surface area contributed by atoms with Crippen molar-refractivity contribution in [2.75, 3.05) is 6.54 Å². The lowest BCUT2D eigenvalue weighted by Crippen LogP contribution is -2.33. The van der Waals surface area contributed by atoms with Crippen LogP contribution in [0.3, 0.4) is 0 Å². The van der Waals surface area contributed by atoms with E-state index in [1.165, 1.54) is 37.3 Å². The molecule has 0 bridgehead atoms. The zero-order valence-corrected chi connectivity index (χ0v) is 21.7. The summed E-state index contributed by atoms with van der Waals surface area (Å²) >= 11 is 5.90. The number of ketones is 4. The van der Waals surface area contributed by atoms with Crippen LogP contribution in [-0.2, 0) is 29.2 Å². The van der Waals surface area contributed by atoms with Crippen molar-refractivity contribution in [2.45, 2.75) is 50.0 Å². The summed E-state index contributed by atoms with van der Waals surface area (Å²) in [6.45, 7) is 5.49. The highest BCUT2D eigenvalue weighted by Gasteiger charge is 2.34. The van der Waals surface area contributed by atoms with Crippen molar-refractivity contribution >= 4 is 44.8 Å². The summed E-state index contributed by atoms with van der Waals surface area (Å²) in [5, 5.41) is 0.300. The average Bonchev–Trinajstić information content (AvgIpc) is 3.16. The quantitative estimate of drug-likeness (QED) is 0.212. The molecule has 3 atom stereocenters. The van der Waals surface area contributed by atoms with Crippen LogP contribution in [-0.4, -0.2) is 44.1 Å². The first-order valence-electron chi connectivity index (χ1n) is 11.5. The standard InChI is InChI=1S/C26H31ClN2O6S/c1-17-14-21(29-36(34,35)22-9-5-8-20(27)15-22)16-23(17)24(31)10-4-7-19(12-13-28)26(33)25(32)11-3-6-18(2)30/h3-5,7-9,11,15,19,21,23,29H,1,6,10,12-14,16,28H2,2H3/b7-4+,11-3+/t19?,21-,23?/m0/s1. The van der Waals surface area contributed by atoms with E-state index in [9.17, 15) is 27.6 Å². The number of carbonyl (C=O) groups is 4. The zero-order valence-electron chi connectivity index (χ0n) is 20.1. The molecule has 3 N–H and O–H groups in total. The summed E-state index contributed by atoms with van der Waals surface area (Å²) in [7, 11) is -3.81. The van der Waals surface area contributed by atoms with Crippen LogP contribution in [0.15, 0.2) is 65.6 Å². The third-order valence-electron chi connectivity index (χ3n) is 5.76. The van der Waals surface area contributed by atoms with Gasteiger partial charge in [-0.3, -0.25) is 19.2 Å². The van der Waals surface area contributed by atoms with E-state index in [4.69, 9.17) is 17.3 Å². The number of allylic oxidation sites excluding steroid dienone is 4. The van der Waals surface area contributed by atoms with Gasteiger partial charge in [0.1, 0.15) is 11.6 Å². The first kappa shape index (κ1) is 29.5. The van der Waals surface area contributed by atoms with E-state index in [1.807, 2.05) is 0 Å². The summed E-state index contributed by atoms with van der Waals surface area (Å²) < 4.78 is 27.9. The normalized spacial score (nSPS) is 19.1. The molecule has 0 heterocycles. The van der Waals surface area contributed by atoms with Gasteiger partial charge in [-0.05, 0) is 57.0 Å². The second-order valence-corrected chi connectivity index (χ2v) is 10.9. The first-order chi connectivity index (χ1) is 16.9. The van der Waals surface area contributed by atoms with Crippen LogP contribution in [0.2, 0.25) is 5.02 Å². The predicted octanol–water partition coefficient (Wildman–Crippen LogP) is 3.11. The fourth-order valence-corrected chi connectivity index (χ4v) is 5.49. The molecule has 10 heteroatoms. The SMILES string of the molecule is C=C1C[C@H](NS(=O)(=O)c2cccc(Cl)c2)CC1C(=O)C/C=C/C(CCN)C(=O)C(=O)/C=C/CC(C)=O. The summed E-state index contributed by atoms with van der Waals surface area (Å²) in [5.74, 6) is -2.99. The molecule has 1 fully saturated rings. The third-order valence-corrected chi connectivity index (χ3v) is 7.51. The fraction of sp³-hybridized carbons (Fsp3) is 0.385. The van der Waals surface area contributed by atoms with Crippen LogP contribution in [0.4, 0.5) is 0 Å². The zero-order chi connectivity index (χ0) is 26.9. The third kappa shape index (κ3) is 8.74. The first-order valence-corrected chi connectivity index (χ1v) is 13.4. The lowest BCUT2D eigenvalue weighted by Gasteiger charge is -2.13. The highest BCUT2D eigenvalue weighted by molar-refractivity contribution is 7.89. The molecule has 194 valence electrons. The molecule has 1 aliphatic carbocycles. The van der Waals surface area contributed by atoms with E-state index < -0.39 is 39.5 Å². The minimum Gasteiger partial charge on any atom is -0.330 e. The Labute approximate surface area is 216 Å². The number of nitrogens with one attached hydrogen (secondary N) is 1. The van der Waals surface area contributed by atoms with Gasteiger partial charge < -0.3 is 5.73 Å². The maximum Gasteiger partial charge on any atom is 0.240 e. The van der Waals surface area contributed by atoms with Crippen LogP contribution in [0.1, 0.15) is 39.0 Å². The van der Waals surface area contributed by atoms with Crippen molar-refractivity contribution in [3.8, 4) is 0 Å². The van der Waals surface area contributed by atoms with Crippen molar-refractivity contribution in [2.24, 2.45) is 17.6 Å². The molecular weight excluding hydrogens is 504 g/mol. The molecule has 1 aliphatic rings. The van der Waals surface area contributed by atoms with Gasteiger partial charge in [0.25, 0.3) is 0 Å².